The molecule has 210 valence electrons. The Morgan fingerprint density at radius 2 is 1.87 bits per heavy atom. The summed E-state index contributed by atoms with van der Waals surface area (Å²) in [6.45, 7) is 3.51. The summed E-state index contributed by atoms with van der Waals surface area (Å²) in [5, 5.41) is 9.18. The van der Waals surface area contributed by atoms with Crippen LogP contribution in [0.25, 0.3) is 0 Å². The number of nitrogens with zero attached hydrogens (tertiary/aromatic N) is 1. The smallest absolute Gasteiger partial charge is 0.406 e. The van der Waals surface area contributed by atoms with Crippen molar-refractivity contribution in [3.05, 3.63) is 35.4 Å². The highest BCUT2D eigenvalue weighted by Crippen LogP contribution is 2.62. The van der Waals surface area contributed by atoms with Crippen LogP contribution in [0.4, 0.5) is 9.59 Å². The predicted molar refractivity (Wildman–Crippen MR) is 147 cm³/mol. The lowest BCUT2D eigenvalue weighted by atomic mass is 9.73. The Bertz CT molecular complexity index is 937. The molecule has 7 atom stereocenters. The number of carbonyl (C=O) groups excluding carboxylic acids is 2. The van der Waals surface area contributed by atoms with Crippen molar-refractivity contribution in [1.82, 2.24) is 20.9 Å². The highest BCUT2D eigenvalue weighted by atomic mass is 16.6. The molecule has 4 aliphatic carbocycles. The number of carbonyl (C=O) groups is 2. The van der Waals surface area contributed by atoms with Crippen LogP contribution in [0, 0.1) is 29.6 Å². The highest BCUT2D eigenvalue weighted by Gasteiger charge is 2.53. The molecule has 1 aromatic rings. The molecule has 7 unspecified atom stereocenters. The molecular formula is C30H46N4O4. The van der Waals surface area contributed by atoms with Crippen molar-refractivity contribution < 1.29 is 19.1 Å². The van der Waals surface area contributed by atoms with Gasteiger partial charge in [0, 0.05) is 38.6 Å². The van der Waals surface area contributed by atoms with Crippen LogP contribution in [0.1, 0.15) is 62.0 Å². The van der Waals surface area contributed by atoms with Gasteiger partial charge in [-0.2, -0.15) is 0 Å². The first kappa shape index (κ1) is 27.3. The maximum Gasteiger partial charge on any atom is 0.406 e. The van der Waals surface area contributed by atoms with Gasteiger partial charge in [0.2, 0.25) is 0 Å². The topological polar surface area (TPSA) is 91.9 Å². The Morgan fingerprint density at radius 1 is 1.05 bits per heavy atom. The van der Waals surface area contributed by atoms with Crippen LogP contribution in [-0.2, 0) is 16.1 Å². The van der Waals surface area contributed by atoms with E-state index in [1.165, 1.54) is 38.3 Å². The molecule has 1 saturated heterocycles. The molecule has 3 N–H and O–H groups in total. The number of nitrogens with one attached hydrogen (secondary N) is 3. The van der Waals surface area contributed by atoms with E-state index < -0.39 is 6.09 Å². The minimum Gasteiger partial charge on any atom is -0.447 e. The number of benzene rings is 1. The standard InChI is InChI=1S/C30H46N4O4/c1-31-17-26(16-28-25-13-21-12-24(15-25)27(28)14-21)33-29(35)34-9-3-4-23(18-34)22-7-5-20(6-8-22)19-37-10-11-38-30(36)32-2/h5-8,21,23-28,31H,3-4,9-19H2,1-2H3,(H,32,36)(H,33,35). The lowest BCUT2D eigenvalue weighted by Gasteiger charge is -2.37. The average Bonchev–Trinajstić information content (AvgIpc) is 3.35. The molecule has 4 saturated carbocycles. The van der Waals surface area contributed by atoms with E-state index in [0.29, 0.717) is 19.1 Å². The van der Waals surface area contributed by atoms with Crippen molar-refractivity contribution >= 4 is 12.1 Å². The zero-order valence-electron chi connectivity index (χ0n) is 23.1. The third kappa shape index (κ3) is 6.45. The van der Waals surface area contributed by atoms with Crippen molar-refractivity contribution in [1.29, 1.82) is 0 Å². The zero-order chi connectivity index (χ0) is 26.5. The normalized spacial score (nSPS) is 30.3. The summed E-state index contributed by atoms with van der Waals surface area (Å²) < 4.78 is 10.5. The Hall–Kier alpha value is -2.32. The molecule has 0 radical (unpaired) electrons. The monoisotopic (exact) mass is 526 g/mol. The summed E-state index contributed by atoms with van der Waals surface area (Å²) >= 11 is 0. The summed E-state index contributed by atoms with van der Waals surface area (Å²) in [7, 11) is 3.53. The van der Waals surface area contributed by atoms with E-state index in [1.807, 2.05) is 11.9 Å². The fourth-order valence-electron chi connectivity index (χ4n) is 8.05. The third-order valence-corrected chi connectivity index (χ3v) is 9.67. The summed E-state index contributed by atoms with van der Waals surface area (Å²) in [6, 6.07) is 8.84. The number of ether oxygens (including phenoxy) is 2. The minimum absolute atomic E-state index is 0.103. The minimum atomic E-state index is -0.446. The lowest BCUT2D eigenvalue weighted by Crippen LogP contribution is -2.51. The Labute approximate surface area is 227 Å². The van der Waals surface area contributed by atoms with E-state index in [9.17, 15) is 9.59 Å². The van der Waals surface area contributed by atoms with Gasteiger partial charge in [-0.15, -0.1) is 0 Å². The number of urea groups is 1. The maximum atomic E-state index is 13.4. The van der Waals surface area contributed by atoms with Crippen LogP contribution in [0.3, 0.4) is 0 Å². The molecule has 6 rings (SSSR count). The first-order valence-corrected chi connectivity index (χ1v) is 14.7. The van der Waals surface area contributed by atoms with Gasteiger partial charge in [0.25, 0.3) is 0 Å². The maximum absolute atomic E-state index is 13.4. The van der Waals surface area contributed by atoms with Gasteiger partial charge in [0.05, 0.1) is 13.2 Å². The molecule has 5 aliphatic rings. The van der Waals surface area contributed by atoms with E-state index in [2.05, 4.69) is 40.2 Å². The molecule has 8 nitrogen and oxygen atoms in total. The fraction of sp³-hybridized carbons (Fsp3) is 0.733. The molecule has 8 heteroatoms. The van der Waals surface area contributed by atoms with Gasteiger partial charge in [-0.25, -0.2) is 9.59 Å². The molecule has 0 aromatic heterocycles. The molecule has 1 aromatic carbocycles. The second-order valence-corrected chi connectivity index (χ2v) is 12.1. The second kappa shape index (κ2) is 12.7. The van der Waals surface area contributed by atoms with Gasteiger partial charge < -0.3 is 30.3 Å². The van der Waals surface area contributed by atoms with Gasteiger partial charge in [0.1, 0.15) is 6.61 Å². The Morgan fingerprint density at radius 3 is 2.63 bits per heavy atom. The van der Waals surface area contributed by atoms with Gasteiger partial charge in [-0.05, 0) is 92.7 Å². The first-order chi connectivity index (χ1) is 18.5. The SMILES string of the molecule is CNCC(CC1C2CC3CC(C2)C1C3)NC(=O)N1CCCC(c2ccc(COCCOC(=O)NC)cc2)C1. The highest BCUT2D eigenvalue weighted by molar-refractivity contribution is 5.74. The number of alkyl carbamates (subject to hydrolysis) is 1. The van der Waals surface area contributed by atoms with Crippen LogP contribution >= 0.6 is 0 Å². The van der Waals surface area contributed by atoms with Crippen molar-refractivity contribution in [3.8, 4) is 0 Å². The first-order valence-electron chi connectivity index (χ1n) is 14.7. The number of hydrogen-bond donors (Lipinski definition) is 3. The summed E-state index contributed by atoms with van der Waals surface area (Å²) in [5.74, 6) is 4.94. The van der Waals surface area contributed by atoms with Gasteiger partial charge >= 0.3 is 12.1 Å². The van der Waals surface area contributed by atoms with Crippen LogP contribution < -0.4 is 16.0 Å². The average molecular weight is 527 g/mol. The van der Waals surface area contributed by atoms with Crippen LogP contribution in [0.2, 0.25) is 0 Å². The number of likely N-dealkylation sites (tertiary alicyclic amines) is 1. The van der Waals surface area contributed by atoms with E-state index in [4.69, 9.17) is 9.47 Å². The summed E-state index contributed by atoms with van der Waals surface area (Å²) in [5.41, 5.74) is 2.36. The van der Waals surface area contributed by atoms with Crippen molar-refractivity contribution in [3.63, 3.8) is 0 Å². The van der Waals surface area contributed by atoms with Crippen molar-refractivity contribution in [2.24, 2.45) is 29.6 Å². The third-order valence-electron chi connectivity index (χ3n) is 9.67. The summed E-state index contributed by atoms with van der Waals surface area (Å²) in [4.78, 5) is 26.5. The molecule has 3 amide bonds. The fourth-order valence-corrected chi connectivity index (χ4v) is 8.05. The largest absolute Gasteiger partial charge is 0.447 e. The van der Waals surface area contributed by atoms with Crippen LogP contribution in [0.5, 0.6) is 0 Å². The second-order valence-electron chi connectivity index (χ2n) is 12.1. The van der Waals surface area contributed by atoms with Crippen molar-refractivity contribution in [2.75, 3.05) is 46.9 Å². The lowest BCUT2D eigenvalue weighted by molar-refractivity contribution is 0.0655. The van der Waals surface area contributed by atoms with E-state index in [1.54, 1.807) is 0 Å². The van der Waals surface area contributed by atoms with Crippen molar-refractivity contribution in [2.45, 2.75) is 63.5 Å². The summed E-state index contributed by atoms with van der Waals surface area (Å²) in [6.07, 6.45) is 8.60. The quantitative estimate of drug-likeness (QED) is 0.378. The van der Waals surface area contributed by atoms with E-state index >= 15 is 0 Å². The molecule has 5 fully saturated rings. The van der Waals surface area contributed by atoms with Gasteiger partial charge in [0.15, 0.2) is 0 Å². The zero-order valence-corrected chi connectivity index (χ0v) is 23.1. The molecule has 4 bridgehead atoms. The van der Waals surface area contributed by atoms with E-state index in [0.717, 1.165) is 74.0 Å². The number of amides is 3. The molecule has 1 aliphatic heterocycles. The van der Waals surface area contributed by atoms with Gasteiger partial charge in [-0.3, -0.25) is 0 Å². The Kier molecular flexibility index (Phi) is 9.10. The predicted octanol–water partition coefficient (Wildman–Crippen LogP) is 4.11. The number of rotatable bonds is 11. The Balaban J connectivity index is 1.09. The number of piperidine rings is 1. The molecule has 0 spiro atoms. The molecule has 38 heavy (non-hydrogen) atoms. The van der Waals surface area contributed by atoms with Crippen LogP contribution in [-0.4, -0.2) is 70.0 Å². The number of likely N-dealkylation sites (N-methyl/N-ethyl adjacent to an activating group) is 1. The van der Waals surface area contributed by atoms with E-state index in [-0.39, 0.29) is 18.7 Å². The molecular weight excluding hydrogens is 480 g/mol. The van der Waals surface area contributed by atoms with Crippen LogP contribution in [0.15, 0.2) is 24.3 Å². The van der Waals surface area contributed by atoms with Gasteiger partial charge in [-0.1, -0.05) is 24.3 Å². The number of hydrogen-bond acceptors (Lipinski definition) is 5. The molecule has 1 heterocycles.